The Labute approximate surface area is 213 Å². The molecule has 0 aromatic heterocycles. The lowest BCUT2D eigenvalue weighted by Crippen LogP contribution is -1.97. The third-order valence-corrected chi connectivity index (χ3v) is 6.21. The summed E-state index contributed by atoms with van der Waals surface area (Å²) in [5, 5.41) is 37.9. The number of rotatable bonds is 6. The fraction of sp³-hybridized carbons (Fsp3) is 0. The van der Waals surface area contributed by atoms with Crippen molar-refractivity contribution in [3.8, 4) is 5.75 Å². The highest BCUT2D eigenvalue weighted by Crippen LogP contribution is 2.40. The first-order chi connectivity index (χ1) is 17.4. The van der Waals surface area contributed by atoms with Crippen LogP contribution >= 0.6 is 11.6 Å². The Morgan fingerprint density at radius 1 is 0.838 bits per heavy atom. The Morgan fingerprint density at radius 2 is 1.46 bits per heavy atom. The number of hydrogen-bond donors (Lipinski definition) is 4. The highest BCUT2D eigenvalue weighted by atomic mass is 35.5. The van der Waals surface area contributed by atoms with E-state index in [9.17, 15) is 28.2 Å². The molecule has 0 aliphatic rings. The maximum absolute atomic E-state index is 11.5. The van der Waals surface area contributed by atoms with Crippen LogP contribution in [-0.4, -0.2) is 23.0 Å². The number of nitro benzene ring substituents is 1. The first kappa shape index (κ1) is 25.4. The van der Waals surface area contributed by atoms with E-state index in [0.717, 1.165) is 12.1 Å². The highest BCUT2D eigenvalue weighted by Gasteiger charge is 2.16. The molecule has 0 atom stereocenters. The van der Waals surface area contributed by atoms with Crippen LogP contribution in [0.2, 0.25) is 5.02 Å². The lowest BCUT2D eigenvalue weighted by Gasteiger charge is -2.06. The van der Waals surface area contributed by atoms with Crippen molar-refractivity contribution in [2.75, 3.05) is 11.5 Å². The number of nitro groups is 1. The molecule has 0 aliphatic carbocycles. The lowest BCUT2D eigenvalue weighted by molar-refractivity contribution is -0.384. The summed E-state index contributed by atoms with van der Waals surface area (Å²) in [6.45, 7) is 0. The SMILES string of the molecule is Nc1cc(N)c(N=Nc2cccc3ccc(S(=O)(=O)O)cc23)cc1N=Nc1cc([N+](=O)[O-])cc(Cl)c1O. The summed E-state index contributed by atoms with van der Waals surface area (Å²) < 4.78 is 32.4. The molecule has 0 radical (unpaired) electrons. The molecule has 6 N–H and O–H groups in total. The van der Waals surface area contributed by atoms with E-state index in [2.05, 4.69) is 20.5 Å². The molecule has 4 rings (SSSR count). The number of non-ortho nitro benzene ring substituents is 1. The number of aromatic hydroxyl groups is 1. The van der Waals surface area contributed by atoms with Gasteiger partial charge in [-0.15, -0.1) is 20.5 Å². The van der Waals surface area contributed by atoms with E-state index in [1.807, 2.05) is 0 Å². The number of nitrogen functional groups attached to an aromatic ring is 2. The number of nitrogens with two attached hydrogens (primary N) is 2. The van der Waals surface area contributed by atoms with Crippen molar-refractivity contribution in [3.63, 3.8) is 0 Å². The van der Waals surface area contributed by atoms with Crippen LogP contribution in [0.3, 0.4) is 0 Å². The van der Waals surface area contributed by atoms with E-state index in [-0.39, 0.29) is 38.4 Å². The van der Waals surface area contributed by atoms with Crippen LogP contribution in [0.25, 0.3) is 10.8 Å². The Morgan fingerprint density at radius 3 is 2.08 bits per heavy atom. The maximum atomic E-state index is 11.5. The fourth-order valence-corrected chi connectivity index (χ4v) is 3.95. The molecular weight excluding hydrogens is 526 g/mol. The van der Waals surface area contributed by atoms with Crippen LogP contribution in [0.1, 0.15) is 0 Å². The van der Waals surface area contributed by atoms with Crippen molar-refractivity contribution in [2.45, 2.75) is 4.90 Å². The molecule has 0 saturated heterocycles. The molecule has 0 bridgehead atoms. The number of nitrogens with zero attached hydrogens (tertiary/aromatic N) is 5. The summed E-state index contributed by atoms with van der Waals surface area (Å²) >= 11 is 5.83. The summed E-state index contributed by atoms with van der Waals surface area (Å²) in [4.78, 5) is 10.1. The number of benzene rings is 4. The second-order valence-electron chi connectivity index (χ2n) is 7.56. The molecular formula is C22H16ClN7O6S. The summed E-state index contributed by atoms with van der Waals surface area (Å²) in [6.07, 6.45) is 0. The van der Waals surface area contributed by atoms with Crippen molar-refractivity contribution in [1.29, 1.82) is 0 Å². The van der Waals surface area contributed by atoms with Gasteiger partial charge in [0.1, 0.15) is 17.1 Å². The Hall–Kier alpha value is -4.66. The summed E-state index contributed by atoms with van der Waals surface area (Å²) in [5.74, 6) is -0.509. The Balaban J connectivity index is 1.73. The quantitative estimate of drug-likeness (QED) is 0.0705. The zero-order valence-electron chi connectivity index (χ0n) is 18.5. The fourth-order valence-electron chi connectivity index (χ4n) is 3.24. The van der Waals surface area contributed by atoms with Gasteiger partial charge in [-0.3, -0.25) is 14.7 Å². The number of anilines is 2. The van der Waals surface area contributed by atoms with E-state index < -0.39 is 26.5 Å². The molecule has 0 unspecified atom stereocenters. The lowest BCUT2D eigenvalue weighted by atomic mass is 10.1. The normalized spacial score (nSPS) is 12.1. The highest BCUT2D eigenvalue weighted by molar-refractivity contribution is 7.85. The van der Waals surface area contributed by atoms with Crippen LogP contribution in [-0.2, 0) is 10.1 Å². The van der Waals surface area contributed by atoms with Gasteiger partial charge in [0.15, 0.2) is 5.75 Å². The average molecular weight is 542 g/mol. The molecule has 0 fully saturated rings. The standard InChI is InChI=1S/C22H16ClN7O6S/c23-15-6-12(30(32)33)7-21(22(15)31)29-28-20-10-19(16(24)9-17(20)25)27-26-18-3-1-2-11-4-5-13(8-14(11)18)37(34,35)36/h1-10,31H,24-25H2,(H,34,35,36). The van der Waals surface area contributed by atoms with Crippen LogP contribution in [0, 0.1) is 10.1 Å². The topological polar surface area (TPSA) is 219 Å². The molecule has 0 spiro atoms. The average Bonchev–Trinajstić information content (AvgIpc) is 2.84. The number of hydrogen-bond acceptors (Lipinski definition) is 11. The van der Waals surface area contributed by atoms with Crippen molar-refractivity contribution < 1.29 is 23.0 Å². The first-order valence-corrected chi connectivity index (χ1v) is 12.0. The minimum absolute atomic E-state index is 0.0664. The van der Waals surface area contributed by atoms with Gasteiger partial charge in [-0.25, -0.2) is 0 Å². The zero-order chi connectivity index (χ0) is 26.9. The monoisotopic (exact) mass is 541 g/mol. The predicted molar refractivity (Wildman–Crippen MR) is 137 cm³/mol. The van der Waals surface area contributed by atoms with Crippen molar-refractivity contribution in [2.24, 2.45) is 20.5 Å². The Kier molecular flexibility index (Phi) is 6.72. The van der Waals surface area contributed by atoms with Gasteiger partial charge < -0.3 is 16.6 Å². The van der Waals surface area contributed by atoms with Gasteiger partial charge in [0.2, 0.25) is 0 Å². The van der Waals surface area contributed by atoms with Crippen molar-refractivity contribution in [1.82, 2.24) is 0 Å². The molecule has 0 saturated carbocycles. The van der Waals surface area contributed by atoms with E-state index in [1.165, 1.54) is 30.3 Å². The number of phenolic OH excluding ortho intramolecular Hbond substituents is 1. The van der Waals surface area contributed by atoms with Crippen molar-refractivity contribution >= 4 is 72.3 Å². The summed E-state index contributed by atoms with van der Waals surface area (Å²) in [6, 6.07) is 13.7. The smallest absolute Gasteiger partial charge is 0.294 e. The van der Waals surface area contributed by atoms with Crippen LogP contribution < -0.4 is 11.5 Å². The van der Waals surface area contributed by atoms with Gasteiger partial charge in [-0.1, -0.05) is 29.8 Å². The van der Waals surface area contributed by atoms with E-state index in [1.54, 1.807) is 18.2 Å². The number of azo groups is 2. The molecule has 13 nitrogen and oxygen atoms in total. The second-order valence-corrected chi connectivity index (χ2v) is 9.39. The largest absolute Gasteiger partial charge is 0.504 e. The molecule has 37 heavy (non-hydrogen) atoms. The van der Waals surface area contributed by atoms with Gasteiger partial charge in [-0.2, -0.15) is 8.42 Å². The second kappa shape index (κ2) is 9.77. The van der Waals surface area contributed by atoms with Crippen LogP contribution in [0.15, 0.2) is 86.0 Å². The van der Waals surface area contributed by atoms with E-state index in [4.69, 9.17) is 23.1 Å². The maximum Gasteiger partial charge on any atom is 0.294 e. The minimum Gasteiger partial charge on any atom is -0.504 e. The molecule has 0 heterocycles. The number of halogens is 1. The minimum atomic E-state index is -4.43. The van der Waals surface area contributed by atoms with Gasteiger partial charge in [0, 0.05) is 17.5 Å². The number of fused-ring (bicyclic) bond motifs is 1. The first-order valence-electron chi connectivity index (χ1n) is 10.1. The van der Waals surface area contributed by atoms with Crippen molar-refractivity contribution in [3.05, 3.63) is 75.8 Å². The molecule has 4 aromatic carbocycles. The summed E-state index contributed by atoms with van der Waals surface area (Å²) in [7, 11) is -4.43. The third-order valence-electron chi connectivity index (χ3n) is 5.07. The molecule has 0 amide bonds. The number of phenols is 1. The van der Waals surface area contributed by atoms with E-state index in [0.29, 0.717) is 16.5 Å². The van der Waals surface area contributed by atoms with Gasteiger partial charge in [0.25, 0.3) is 15.8 Å². The van der Waals surface area contributed by atoms with E-state index >= 15 is 0 Å². The van der Waals surface area contributed by atoms with Gasteiger partial charge in [-0.05, 0) is 35.7 Å². The molecule has 15 heteroatoms. The zero-order valence-corrected chi connectivity index (χ0v) is 20.1. The summed E-state index contributed by atoms with van der Waals surface area (Å²) in [5.41, 5.74) is 12.0. The van der Waals surface area contributed by atoms with Gasteiger partial charge >= 0.3 is 0 Å². The molecule has 0 aliphatic heterocycles. The van der Waals surface area contributed by atoms with Crippen LogP contribution in [0.4, 0.5) is 39.8 Å². The molecule has 188 valence electrons. The molecule has 4 aromatic rings. The predicted octanol–water partition coefficient (Wildman–Crippen LogP) is 6.35. The van der Waals surface area contributed by atoms with Crippen LogP contribution in [0.5, 0.6) is 5.75 Å². The Bertz CT molecular complexity index is 1740. The van der Waals surface area contributed by atoms with Gasteiger partial charge in [0.05, 0.1) is 31.9 Å². The third kappa shape index (κ3) is 5.45.